The van der Waals surface area contributed by atoms with Crippen LogP contribution in [0.2, 0.25) is 39.3 Å². The van der Waals surface area contributed by atoms with E-state index in [1.54, 1.807) is 22.3 Å². The van der Waals surface area contributed by atoms with E-state index in [0.29, 0.717) is 11.1 Å². The standard InChI is InChI=1S/C20H28Si2/c1-21(2,3)19-15-11-7-9-13-17(15)20(22(4,5)6)18-14-10-8-12-16(18)19/h7-14,19-20H,1-6H3. The molecule has 0 unspecified atom stereocenters. The number of hydrogen-bond donors (Lipinski definition) is 0. The summed E-state index contributed by atoms with van der Waals surface area (Å²) in [7, 11) is -2.66. The van der Waals surface area contributed by atoms with E-state index < -0.39 is 16.1 Å². The summed E-state index contributed by atoms with van der Waals surface area (Å²) in [4.78, 5) is 0. The second-order valence-corrected chi connectivity index (χ2v) is 19.5. The molecule has 0 saturated heterocycles. The Balaban J connectivity index is 2.34. The van der Waals surface area contributed by atoms with Gasteiger partial charge in [0.1, 0.15) is 0 Å². The van der Waals surface area contributed by atoms with Crippen LogP contribution < -0.4 is 0 Å². The van der Waals surface area contributed by atoms with Gasteiger partial charge in [-0.25, -0.2) is 0 Å². The molecule has 0 saturated carbocycles. The molecule has 1 aliphatic carbocycles. The number of hydrogen-bond acceptors (Lipinski definition) is 0. The highest BCUT2D eigenvalue weighted by Crippen LogP contribution is 2.49. The van der Waals surface area contributed by atoms with Gasteiger partial charge >= 0.3 is 0 Å². The molecular formula is C20H28Si2. The zero-order valence-corrected chi connectivity index (χ0v) is 16.8. The van der Waals surface area contributed by atoms with Crippen LogP contribution in [-0.4, -0.2) is 16.1 Å². The molecule has 2 heteroatoms. The Bertz CT molecular complexity index is 582. The largest absolute Gasteiger partial charge is 0.0688 e. The smallest absolute Gasteiger partial charge is 0.0573 e. The van der Waals surface area contributed by atoms with E-state index in [1.807, 2.05) is 0 Å². The van der Waals surface area contributed by atoms with Crippen molar-refractivity contribution in [3.8, 4) is 0 Å². The van der Waals surface area contributed by atoms with Crippen LogP contribution in [0.15, 0.2) is 48.5 Å². The normalized spacial score (nSPS) is 21.2. The van der Waals surface area contributed by atoms with Gasteiger partial charge in [-0.15, -0.1) is 0 Å². The van der Waals surface area contributed by atoms with E-state index in [4.69, 9.17) is 0 Å². The van der Waals surface area contributed by atoms with Crippen LogP contribution >= 0.6 is 0 Å². The van der Waals surface area contributed by atoms with E-state index in [0.717, 1.165) is 0 Å². The fourth-order valence-corrected chi connectivity index (χ4v) is 9.06. The molecule has 0 nitrogen and oxygen atoms in total. The van der Waals surface area contributed by atoms with Crippen molar-refractivity contribution < 1.29 is 0 Å². The molecule has 0 atom stereocenters. The maximum atomic E-state index is 2.51. The third kappa shape index (κ3) is 2.52. The Morgan fingerprint density at radius 1 is 0.500 bits per heavy atom. The predicted octanol–water partition coefficient (Wildman–Crippen LogP) is 6.02. The minimum atomic E-state index is -1.33. The van der Waals surface area contributed by atoms with Crippen LogP contribution in [0.4, 0.5) is 0 Å². The van der Waals surface area contributed by atoms with Crippen molar-refractivity contribution >= 4 is 16.1 Å². The number of benzene rings is 2. The molecule has 0 spiro atoms. The summed E-state index contributed by atoms with van der Waals surface area (Å²) in [6.45, 7) is 15.1. The van der Waals surface area contributed by atoms with Crippen molar-refractivity contribution in [2.75, 3.05) is 0 Å². The summed E-state index contributed by atoms with van der Waals surface area (Å²) in [5.41, 5.74) is 7.74. The number of fused-ring (bicyclic) bond motifs is 2. The van der Waals surface area contributed by atoms with Gasteiger partial charge in [-0.1, -0.05) is 87.8 Å². The first-order valence-corrected chi connectivity index (χ1v) is 15.5. The van der Waals surface area contributed by atoms with Crippen molar-refractivity contribution in [1.82, 2.24) is 0 Å². The monoisotopic (exact) mass is 324 g/mol. The molecule has 0 radical (unpaired) electrons. The van der Waals surface area contributed by atoms with Crippen LogP contribution in [0.3, 0.4) is 0 Å². The van der Waals surface area contributed by atoms with Crippen LogP contribution in [0.1, 0.15) is 33.3 Å². The van der Waals surface area contributed by atoms with Crippen LogP contribution in [0.5, 0.6) is 0 Å². The molecular weight excluding hydrogens is 296 g/mol. The average molecular weight is 325 g/mol. The Hall–Kier alpha value is -1.13. The zero-order chi connectivity index (χ0) is 16.1. The van der Waals surface area contributed by atoms with Gasteiger partial charge in [-0.2, -0.15) is 0 Å². The molecule has 0 heterocycles. The Kier molecular flexibility index (Phi) is 3.73. The van der Waals surface area contributed by atoms with E-state index in [1.165, 1.54) is 0 Å². The molecule has 0 bridgehead atoms. The molecule has 1 aliphatic rings. The SMILES string of the molecule is C[Si](C)(C)C1c2ccccc2C([Si](C)(C)C)c2ccccc21. The van der Waals surface area contributed by atoms with Crippen LogP contribution in [0, 0.1) is 0 Å². The second-order valence-electron chi connectivity index (χ2n) is 8.86. The summed E-state index contributed by atoms with van der Waals surface area (Å²) in [5, 5.41) is 0. The predicted molar refractivity (Wildman–Crippen MR) is 103 cm³/mol. The quantitative estimate of drug-likeness (QED) is 0.593. The summed E-state index contributed by atoms with van der Waals surface area (Å²) < 4.78 is 0. The average Bonchev–Trinajstić information content (AvgIpc) is 2.41. The van der Waals surface area contributed by atoms with Crippen molar-refractivity contribution in [2.24, 2.45) is 0 Å². The van der Waals surface area contributed by atoms with Gasteiger partial charge in [0, 0.05) is 11.1 Å². The third-order valence-corrected chi connectivity index (χ3v) is 9.68. The fraction of sp³-hybridized carbons (Fsp3) is 0.400. The molecule has 2 aromatic rings. The molecule has 0 fully saturated rings. The highest BCUT2D eigenvalue weighted by atomic mass is 28.3. The topological polar surface area (TPSA) is 0 Å². The van der Waals surface area contributed by atoms with Crippen molar-refractivity contribution in [2.45, 2.75) is 50.4 Å². The van der Waals surface area contributed by atoms with Gasteiger partial charge in [0.25, 0.3) is 0 Å². The molecule has 2 aromatic carbocycles. The van der Waals surface area contributed by atoms with Crippen molar-refractivity contribution in [3.05, 3.63) is 70.8 Å². The zero-order valence-electron chi connectivity index (χ0n) is 14.8. The van der Waals surface area contributed by atoms with E-state index in [9.17, 15) is 0 Å². The Labute approximate surface area is 137 Å². The minimum Gasteiger partial charge on any atom is -0.0688 e. The molecule has 0 aliphatic heterocycles. The Morgan fingerprint density at radius 2 is 0.727 bits per heavy atom. The summed E-state index contributed by atoms with van der Waals surface area (Å²) in [6.07, 6.45) is 0. The maximum absolute atomic E-state index is 2.51. The first-order chi connectivity index (χ1) is 10.2. The lowest BCUT2D eigenvalue weighted by molar-refractivity contribution is 0.903. The summed E-state index contributed by atoms with van der Waals surface area (Å²) in [5.74, 6) is 0. The van der Waals surface area contributed by atoms with Gasteiger partial charge in [0.15, 0.2) is 0 Å². The van der Waals surface area contributed by atoms with E-state index in [-0.39, 0.29) is 0 Å². The second kappa shape index (κ2) is 5.21. The van der Waals surface area contributed by atoms with Crippen LogP contribution in [0.25, 0.3) is 0 Å². The molecule has 3 rings (SSSR count). The maximum Gasteiger partial charge on any atom is 0.0573 e. The number of rotatable bonds is 2. The first-order valence-electron chi connectivity index (χ1n) is 8.39. The summed E-state index contributed by atoms with van der Waals surface area (Å²) >= 11 is 0. The van der Waals surface area contributed by atoms with Crippen molar-refractivity contribution in [1.29, 1.82) is 0 Å². The lowest BCUT2D eigenvalue weighted by Gasteiger charge is -2.43. The van der Waals surface area contributed by atoms with Gasteiger partial charge in [-0.05, 0) is 22.3 Å². The molecule has 0 amide bonds. The first kappa shape index (κ1) is 15.8. The van der Waals surface area contributed by atoms with E-state index in [2.05, 4.69) is 87.8 Å². The van der Waals surface area contributed by atoms with E-state index >= 15 is 0 Å². The highest BCUT2D eigenvalue weighted by molar-refractivity contribution is 6.79. The lowest BCUT2D eigenvalue weighted by atomic mass is 9.85. The third-order valence-electron chi connectivity index (χ3n) is 4.97. The summed E-state index contributed by atoms with van der Waals surface area (Å²) in [6, 6.07) is 18.6. The highest BCUT2D eigenvalue weighted by Gasteiger charge is 2.42. The fourth-order valence-electron chi connectivity index (χ4n) is 4.27. The molecule has 116 valence electrons. The Morgan fingerprint density at radius 3 is 0.909 bits per heavy atom. The minimum absolute atomic E-state index is 0.632. The van der Waals surface area contributed by atoms with Gasteiger partial charge in [-0.3, -0.25) is 0 Å². The van der Waals surface area contributed by atoms with Gasteiger partial charge in [0.2, 0.25) is 0 Å². The van der Waals surface area contributed by atoms with Gasteiger partial charge in [0.05, 0.1) is 16.1 Å². The van der Waals surface area contributed by atoms with Crippen molar-refractivity contribution in [3.63, 3.8) is 0 Å². The molecule has 22 heavy (non-hydrogen) atoms. The lowest BCUT2D eigenvalue weighted by Crippen LogP contribution is -2.41. The van der Waals surface area contributed by atoms with Gasteiger partial charge < -0.3 is 0 Å². The van der Waals surface area contributed by atoms with Crippen LogP contribution in [-0.2, 0) is 0 Å². The molecule has 0 aromatic heterocycles. The molecule has 0 N–H and O–H groups in total.